The predicted molar refractivity (Wildman–Crippen MR) is 284 cm³/mol. The maximum absolute atomic E-state index is 14.5. The number of phenolic OH excluding ortho intramolecular Hbond substituents is 2. The van der Waals surface area contributed by atoms with Crippen LogP contribution < -0.4 is 9.44 Å². The second-order valence-electron chi connectivity index (χ2n) is 21.6. The Morgan fingerprint density at radius 1 is 0.368 bits per heavy atom. The molecule has 14 heteroatoms. The van der Waals surface area contributed by atoms with Crippen LogP contribution in [0.15, 0.2) is 146 Å². The van der Waals surface area contributed by atoms with Crippen LogP contribution in [0.3, 0.4) is 0 Å². The largest absolute Gasteiger partial charge is 0.506 e. The minimum atomic E-state index is -4.17. The number of aryl methyl sites for hydroxylation is 2. The van der Waals surface area contributed by atoms with Gasteiger partial charge in [0.25, 0.3) is 20.0 Å². The third-order valence-corrected chi connectivity index (χ3v) is 18.7. The molecule has 1 aliphatic rings. The van der Waals surface area contributed by atoms with Gasteiger partial charge in [-0.25, -0.2) is 16.8 Å². The van der Waals surface area contributed by atoms with Gasteiger partial charge in [0.15, 0.2) is 0 Å². The zero-order valence-electron chi connectivity index (χ0n) is 41.2. The Morgan fingerprint density at radius 2 is 0.574 bits per heavy atom. The van der Waals surface area contributed by atoms with Gasteiger partial charge < -0.3 is 10.2 Å². The van der Waals surface area contributed by atoms with Crippen LogP contribution in [0.25, 0.3) is 0 Å². The van der Waals surface area contributed by atoms with Crippen molar-refractivity contribution < 1.29 is 27.0 Å². The van der Waals surface area contributed by atoms with E-state index >= 15 is 0 Å². The number of hydrogen-bond donors (Lipinski definition) is 4. The minimum absolute atomic E-state index is 0.0387. The van der Waals surface area contributed by atoms with E-state index in [1.807, 2.05) is 62.4 Å². The van der Waals surface area contributed by atoms with E-state index < -0.39 is 41.7 Å². The highest BCUT2D eigenvalue weighted by Gasteiger charge is 2.31. The Labute approximate surface area is 421 Å². The van der Waals surface area contributed by atoms with Gasteiger partial charge >= 0.3 is 0 Å². The Kier molecular flexibility index (Phi) is 14.1. The van der Waals surface area contributed by atoms with Crippen LogP contribution in [0.5, 0.6) is 11.5 Å². The number of nitrogens with one attached hydrogen (secondary N) is 2. The number of sulfonamides is 2. The number of aromatic hydroxyl groups is 2. The summed E-state index contributed by atoms with van der Waals surface area (Å²) in [6.07, 6.45) is 0. The van der Waals surface area contributed by atoms with Crippen molar-refractivity contribution in [3.05, 3.63) is 130 Å². The third-order valence-electron chi connectivity index (χ3n) is 11.7. The molecule has 0 aromatic heterocycles. The van der Waals surface area contributed by atoms with Crippen molar-refractivity contribution in [3.8, 4) is 11.5 Å². The molecule has 0 saturated carbocycles. The molecule has 7 rings (SSSR count). The molecule has 68 heavy (non-hydrogen) atoms. The zero-order valence-corrected chi connectivity index (χ0v) is 46.1. The Balaban J connectivity index is 1.61. The van der Waals surface area contributed by atoms with E-state index in [4.69, 9.17) is 0 Å². The van der Waals surface area contributed by atoms with E-state index in [0.29, 0.717) is 50.5 Å². The van der Waals surface area contributed by atoms with Crippen LogP contribution in [0.4, 0.5) is 11.4 Å². The first-order valence-electron chi connectivity index (χ1n) is 22.3. The van der Waals surface area contributed by atoms with Gasteiger partial charge in [0, 0.05) is 19.6 Å². The molecule has 360 valence electrons. The van der Waals surface area contributed by atoms with Gasteiger partial charge in [0.2, 0.25) is 0 Å². The number of phenols is 2. The van der Waals surface area contributed by atoms with Crippen LogP contribution in [-0.2, 0) is 41.7 Å². The summed E-state index contributed by atoms with van der Waals surface area (Å²) in [6, 6.07) is 29.1. The molecule has 1 heterocycles. The molecule has 6 aromatic rings. The van der Waals surface area contributed by atoms with Gasteiger partial charge in [-0.15, -0.1) is 0 Å². The molecule has 0 unspecified atom stereocenters. The Morgan fingerprint density at radius 3 is 0.779 bits per heavy atom. The molecule has 8 bridgehead atoms. The van der Waals surface area contributed by atoms with E-state index in [1.54, 1.807) is 48.5 Å². The van der Waals surface area contributed by atoms with E-state index in [-0.39, 0.29) is 21.3 Å². The topological polar surface area (TPSA) is 133 Å². The lowest BCUT2D eigenvalue weighted by Gasteiger charge is -2.27. The summed E-state index contributed by atoms with van der Waals surface area (Å²) in [4.78, 5) is 4.29. The van der Waals surface area contributed by atoms with E-state index in [9.17, 15) is 27.0 Å². The van der Waals surface area contributed by atoms with Gasteiger partial charge in [-0.2, -0.15) is 0 Å². The summed E-state index contributed by atoms with van der Waals surface area (Å²) in [5, 5.41) is 25.2. The molecule has 6 aromatic carbocycles. The second kappa shape index (κ2) is 18.5. The average molecular weight is 1030 g/mol. The van der Waals surface area contributed by atoms with Crippen LogP contribution >= 0.6 is 47.0 Å². The van der Waals surface area contributed by atoms with Crippen molar-refractivity contribution in [1.29, 1.82) is 0 Å². The molecule has 8 nitrogen and oxygen atoms in total. The molecular formula is C54H62N2O6S6. The molecule has 0 amide bonds. The van der Waals surface area contributed by atoms with Gasteiger partial charge in [0.05, 0.1) is 40.7 Å². The molecule has 4 N–H and O–H groups in total. The van der Waals surface area contributed by atoms with Crippen molar-refractivity contribution in [2.24, 2.45) is 0 Å². The van der Waals surface area contributed by atoms with E-state index in [2.05, 4.69) is 92.5 Å². The molecule has 0 aliphatic carbocycles. The van der Waals surface area contributed by atoms with Crippen molar-refractivity contribution in [1.82, 2.24) is 0 Å². The average Bonchev–Trinajstić information content (AvgIpc) is 3.21. The monoisotopic (exact) mass is 1030 g/mol. The first-order chi connectivity index (χ1) is 31.3. The first-order valence-corrected chi connectivity index (χ1v) is 28.6. The van der Waals surface area contributed by atoms with Crippen molar-refractivity contribution >= 4 is 78.5 Å². The number of hydrogen-bond acceptors (Lipinski definition) is 10. The molecular weight excluding hydrogens is 965 g/mol. The van der Waals surface area contributed by atoms with Crippen LogP contribution in [0, 0.1) is 13.8 Å². The Hall–Kier alpha value is -4.18. The number of anilines is 2. The Bertz CT molecular complexity index is 2850. The lowest BCUT2D eigenvalue weighted by atomic mass is 9.87. The fourth-order valence-corrected chi connectivity index (χ4v) is 14.2. The molecule has 1 aliphatic heterocycles. The quantitative estimate of drug-likeness (QED) is 0.128. The number of benzene rings is 6. The smallest absolute Gasteiger partial charge is 0.261 e. The van der Waals surface area contributed by atoms with Gasteiger partial charge in [0.1, 0.15) is 11.5 Å². The molecule has 0 fully saturated rings. The standard InChI is InChI=1S/C54H62N2O6S6/c1-31-15-19-37(20-16-31)67(59,60)55-47-39-23-33(51(3,4)5)24-40(47)64-44-28-36(54(12,13)14)30-46(50(44)58)66-42-26-34(52(6,7)8)25-41(48(42)56-68(61,62)38-21-17-32(2)18-22-38)65-45-29-35(53(9,10)11)27-43(63-39)49(45)57/h15-30,55-58H,1-14H3. The molecule has 0 atom stereocenters. The number of fused-ring (bicyclic) bond motifs is 8. The minimum Gasteiger partial charge on any atom is -0.506 e. The summed E-state index contributed by atoms with van der Waals surface area (Å²) in [7, 11) is -8.34. The van der Waals surface area contributed by atoms with Gasteiger partial charge in [-0.1, -0.05) is 166 Å². The highest BCUT2D eigenvalue weighted by Crippen LogP contribution is 2.55. The lowest BCUT2D eigenvalue weighted by molar-refractivity contribution is 0.446. The fraction of sp³-hybridized carbons (Fsp3) is 0.333. The summed E-state index contributed by atoms with van der Waals surface area (Å²) in [5.41, 5.74) is 4.48. The summed E-state index contributed by atoms with van der Waals surface area (Å²) in [5.74, 6) is -0.0774. The summed E-state index contributed by atoms with van der Waals surface area (Å²) >= 11 is 5.01. The molecule has 0 spiro atoms. The summed E-state index contributed by atoms with van der Waals surface area (Å²) < 4.78 is 64.0. The second-order valence-corrected chi connectivity index (χ2v) is 29.3. The SMILES string of the molecule is Cc1ccc(S(=O)(=O)Nc2c3cc(C(C)(C)C)cc2Sc2cc(C(C)(C)C)cc(c2O)Sc2cc(C(C)(C)C)cc(c2NS(=O)(=O)c2ccc(C)cc2)Sc2cc(C(C)(C)C)cc(c2O)S3)cc1. The summed E-state index contributed by atoms with van der Waals surface area (Å²) in [6.45, 7) is 28.9. The van der Waals surface area contributed by atoms with Crippen LogP contribution in [0.2, 0.25) is 0 Å². The van der Waals surface area contributed by atoms with Crippen molar-refractivity contribution in [2.45, 2.75) is 168 Å². The van der Waals surface area contributed by atoms with E-state index in [0.717, 1.165) is 33.4 Å². The maximum Gasteiger partial charge on any atom is 0.261 e. The van der Waals surface area contributed by atoms with Crippen molar-refractivity contribution in [2.75, 3.05) is 9.44 Å². The maximum atomic E-state index is 14.5. The highest BCUT2D eigenvalue weighted by molar-refractivity contribution is 8.02. The normalized spacial score (nSPS) is 13.9. The number of rotatable bonds is 6. The van der Waals surface area contributed by atoms with Gasteiger partial charge in [-0.05, 0) is 131 Å². The highest BCUT2D eigenvalue weighted by atomic mass is 32.2. The molecule has 0 radical (unpaired) electrons. The van der Waals surface area contributed by atoms with Crippen LogP contribution in [0.1, 0.15) is 116 Å². The van der Waals surface area contributed by atoms with E-state index in [1.165, 1.54) is 47.0 Å². The van der Waals surface area contributed by atoms with Crippen LogP contribution in [-0.4, -0.2) is 27.0 Å². The first kappa shape index (κ1) is 51.7. The molecule has 0 saturated heterocycles. The third kappa shape index (κ3) is 11.4. The lowest BCUT2D eigenvalue weighted by Crippen LogP contribution is -2.17. The van der Waals surface area contributed by atoms with Gasteiger partial charge in [-0.3, -0.25) is 9.44 Å². The predicted octanol–water partition coefficient (Wildman–Crippen LogP) is 15.4. The van der Waals surface area contributed by atoms with Crippen molar-refractivity contribution in [3.63, 3.8) is 0 Å². The fourth-order valence-electron chi connectivity index (χ4n) is 7.21. The zero-order chi connectivity index (χ0) is 50.1.